The van der Waals surface area contributed by atoms with E-state index in [9.17, 15) is 0 Å². The van der Waals surface area contributed by atoms with E-state index in [0.717, 1.165) is 22.9 Å². The van der Waals surface area contributed by atoms with Gasteiger partial charge in [0.2, 0.25) is 0 Å². The Morgan fingerprint density at radius 3 is 2.44 bits per heavy atom. The van der Waals surface area contributed by atoms with Gasteiger partial charge in [0.1, 0.15) is 10.0 Å². The first-order valence-corrected chi connectivity index (χ1v) is 6.67. The average Bonchev–Trinajstić information content (AvgIpc) is 2.95. The molecule has 1 heterocycles. The molecule has 0 unspecified atom stereocenters. The number of alkyl halides is 1. The Balaban J connectivity index is 1.85. The van der Waals surface area contributed by atoms with Crippen LogP contribution >= 0.6 is 22.9 Å². The number of hydrogen-bond donors (Lipinski definition) is 0. The van der Waals surface area contributed by atoms with Crippen molar-refractivity contribution in [2.45, 2.75) is 24.6 Å². The minimum Gasteiger partial charge on any atom is -0.143 e. The minimum atomic E-state index is 0.470. The van der Waals surface area contributed by atoms with Crippen molar-refractivity contribution < 1.29 is 0 Å². The summed E-state index contributed by atoms with van der Waals surface area (Å²) >= 11 is 7.39. The van der Waals surface area contributed by atoms with Crippen LogP contribution < -0.4 is 0 Å². The van der Waals surface area contributed by atoms with Crippen molar-refractivity contribution in [3.8, 4) is 0 Å². The van der Waals surface area contributed by atoms with E-state index < -0.39 is 0 Å². The van der Waals surface area contributed by atoms with Crippen molar-refractivity contribution in [2.24, 2.45) is 0 Å². The van der Waals surface area contributed by atoms with Crippen molar-refractivity contribution in [1.29, 1.82) is 0 Å². The van der Waals surface area contributed by atoms with Gasteiger partial charge in [-0.3, -0.25) is 0 Å². The molecule has 0 amide bonds. The van der Waals surface area contributed by atoms with Gasteiger partial charge in [-0.05, 0) is 24.0 Å². The number of halogens is 1. The summed E-state index contributed by atoms with van der Waals surface area (Å²) in [7, 11) is 0. The maximum Gasteiger partial charge on any atom is 0.132 e. The monoisotopic (exact) mass is 250 g/mol. The van der Waals surface area contributed by atoms with Crippen molar-refractivity contribution in [3.63, 3.8) is 0 Å². The lowest BCUT2D eigenvalue weighted by atomic mass is 10.1. The number of nitrogens with zero attached hydrogens (tertiary/aromatic N) is 2. The number of rotatable bonds is 2. The minimum absolute atomic E-state index is 0.470. The molecular formula is C12H11ClN2S. The zero-order valence-electron chi connectivity index (χ0n) is 8.69. The molecule has 1 aliphatic rings. The van der Waals surface area contributed by atoms with Gasteiger partial charge in [0.25, 0.3) is 0 Å². The maximum absolute atomic E-state index is 5.74. The van der Waals surface area contributed by atoms with E-state index in [2.05, 4.69) is 34.5 Å². The van der Waals surface area contributed by atoms with Gasteiger partial charge in [-0.15, -0.1) is 21.8 Å². The first-order chi connectivity index (χ1) is 7.86. The van der Waals surface area contributed by atoms with Gasteiger partial charge in [-0.1, -0.05) is 35.6 Å². The molecule has 3 rings (SSSR count). The van der Waals surface area contributed by atoms with Gasteiger partial charge < -0.3 is 0 Å². The maximum atomic E-state index is 5.74. The molecule has 1 aliphatic carbocycles. The van der Waals surface area contributed by atoms with Crippen LogP contribution in [0.25, 0.3) is 0 Å². The Hall–Kier alpha value is -0.930. The lowest BCUT2D eigenvalue weighted by Gasteiger charge is -2.01. The fourth-order valence-electron chi connectivity index (χ4n) is 2.22. The molecule has 0 saturated carbocycles. The van der Waals surface area contributed by atoms with E-state index in [4.69, 9.17) is 11.6 Å². The normalized spacial score (nSPS) is 15.3. The molecule has 0 bridgehead atoms. The van der Waals surface area contributed by atoms with Gasteiger partial charge in [0.05, 0.1) is 5.88 Å². The third kappa shape index (κ3) is 1.74. The van der Waals surface area contributed by atoms with Crippen LogP contribution in [0.2, 0.25) is 0 Å². The Morgan fingerprint density at radius 2 is 1.88 bits per heavy atom. The average molecular weight is 251 g/mol. The Bertz CT molecular complexity index is 484. The van der Waals surface area contributed by atoms with E-state index in [-0.39, 0.29) is 0 Å². The molecule has 1 aromatic carbocycles. The molecular weight excluding hydrogens is 240 g/mol. The molecule has 0 aliphatic heterocycles. The summed E-state index contributed by atoms with van der Waals surface area (Å²) < 4.78 is 0. The number of benzene rings is 1. The topological polar surface area (TPSA) is 25.8 Å². The predicted molar refractivity (Wildman–Crippen MR) is 66.1 cm³/mol. The molecule has 82 valence electrons. The quantitative estimate of drug-likeness (QED) is 0.766. The van der Waals surface area contributed by atoms with Crippen LogP contribution in [-0.2, 0) is 18.7 Å². The molecule has 1 aromatic heterocycles. The van der Waals surface area contributed by atoms with Crippen LogP contribution in [0.1, 0.15) is 27.1 Å². The summed E-state index contributed by atoms with van der Waals surface area (Å²) in [5, 5.41) is 10.4. The second-order valence-corrected chi connectivity index (χ2v) is 5.40. The van der Waals surface area contributed by atoms with Crippen LogP contribution in [0.3, 0.4) is 0 Å². The molecule has 2 nitrogen and oxygen atoms in total. The second-order valence-electron chi connectivity index (χ2n) is 4.04. The summed E-state index contributed by atoms with van der Waals surface area (Å²) in [6.07, 6.45) is 2.18. The highest BCUT2D eigenvalue weighted by atomic mass is 35.5. The van der Waals surface area contributed by atoms with Crippen molar-refractivity contribution >= 4 is 22.9 Å². The molecule has 16 heavy (non-hydrogen) atoms. The van der Waals surface area contributed by atoms with Crippen LogP contribution in [0.5, 0.6) is 0 Å². The highest BCUT2D eigenvalue weighted by Crippen LogP contribution is 2.35. The molecule has 4 heteroatoms. The largest absolute Gasteiger partial charge is 0.143 e. The number of hydrogen-bond acceptors (Lipinski definition) is 3. The van der Waals surface area contributed by atoms with Gasteiger partial charge in [0, 0.05) is 5.92 Å². The molecule has 0 saturated heterocycles. The first-order valence-electron chi connectivity index (χ1n) is 5.32. The standard InChI is InChI=1S/C12H11ClN2S/c13-7-11-14-15-12(16-11)10-5-8-3-1-2-4-9(8)6-10/h1-4,10H,5-7H2. The summed E-state index contributed by atoms with van der Waals surface area (Å²) in [5.74, 6) is 0.976. The lowest BCUT2D eigenvalue weighted by molar-refractivity contribution is 0.720. The van der Waals surface area contributed by atoms with Crippen molar-refractivity contribution in [1.82, 2.24) is 10.2 Å². The molecule has 2 aromatic rings. The molecule has 0 atom stereocenters. The van der Waals surface area contributed by atoms with Crippen molar-refractivity contribution in [2.75, 3.05) is 0 Å². The third-order valence-corrected chi connectivity index (χ3v) is 4.49. The number of fused-ring (bicyclic) bond motifs is 1. The summed E-state index contributed by atoms with van der Waals surface area (Å²) in [6.45, 7) is 0. The zero-order chi connectivity index (χ0) is 11.0. The van der Waals surface area contributed by atoms with Gasteiger partial charge in [-0.25, -0.2) is 0 Å². The molecule has 0 fully saturated rings. The van der Waals surface area contributed by atoms with Gasteiger partial charge >= 0.3 is 0 Å². The summed E-state index contributed by atoms with van der Waals surface area (Å²) in [6, 6.07) is 8.62. The predicted octanol–water partition coefficient (Wildman–Crippen LogP) is 3.16. The van der Waals surface area contributed by atoms with E-state index in [0.29, 0.717) is 11.8 Å². The highest BCUT2D eigenvalue weighted by Gasteiger charge is 2.25. The second kappa shape index (κ2) is 4.15. The summed E-state index contributed by atoms with van der Waals surface area (Å²) in [5.41, 5.74) is 2.91. The van der Waals surface area contributed by atoms with Crippen LogP contribution in [0.4, 0.5) is 0 Å². The first kappa shape index (κ1) is 10.2. The van der Waals surface area contributed by atoms with E-state index in [1.165, 1.54) is 11.1 Å². The van der Waals surface area contributed by atoms with Crippen molar-refractivity contribution in [3.05, 3.63) is 45.4 Å². The van der Waals surface area contributed by atoms with Gasteiger partial charge in [-0.2, -0.15) is 0 Å². The fraction of sp³-hybridized carbons (Fsp3) is 0.333. The third-order valence-electron chi connectivity index (χ3n) is 3.00. The highest BCUT2D eigenvalue weighted by molar-refractivity contribution is 7.11. The molecule has 0 spiro atoms. The van der Waals surface area contributed by atoms with Crippen LogP contribution in [0.15, 0.2) is 24.3 Å². The summed E-state index contributed by atoms with van der Waals surface area (Å²) in [4.78, 5) is 0. The molecule has 0 radical (unpaired) electrons. The SMILES string of the molecule is ClCc1nnc(C2Cc3ccccc3C2)s1. The number of aromatic nitrogens is 2. The lowest BCUT2D eigenvalue weighted by Crippen LogP contribution is -1.96. The van der Waals surface area contributed by atoms with Gasteiger partial charge in [0.15, 0.2) is 0 Å². The zero-order valence-corrected chi connectivity index (χ0v) is 10.3. The Morgan fingerprint density at radius 1 is 1.19 bits per heavy atom. The van der Waals surface area contributed by atoms with E-state index >= 15 is 0 Å². The van der Waals surface area contributed by atoms with E-state index in [1.807, 2.05) is 0 Å². The molecule has 0 N–H and O–H groups in total. The van der Waals surface area contributed by atoms with E-state index in [1.54, 1.807) is 11.3 Å². The smallest absolute Gasteiger partial charge is 0.132 e. The Labute approximate surface area is 103 Å². The Kier molecular flexibility index (Phi) is 2.65. The van der Waals surface area contributed by atoms with Crippen LogP contribution in [-0.4, -0.2) is 10.2 Å². The fourth-order valence-corrected chi connectivity index (χ4v) is 3.23. The van der Waals surface area contributed by atoms with Crippen LogP contribution in [0, 0.1) is 0 Å².